The van der Waals surface area contributed by atoms with Crippen LogP contribution in [0, 0.1) is 18.3 Å². The number of hydrogen-bond acceptors (Lipinski definition) is 6. The summed E-state index contributed by atoms with van der Waals surface area (Å²) in [5.41, 5.74) is 0.738. The number of nitriles is 1. The lowest BCUT2D eigenvalue weighted by Gasteiger charge is -2.05. The van der Waals surface area contributed by atoms with Gasteiger partial charge in [0.15, 0.2) is 4.34 Å². The van der Waals surface area contributed by atoms with Gasteiger partial charge in [-0.3, -0.25) is 0 Å². The van der Waals surface area contributed by atoms with Crippen LogP contribution in [0.3, 0.4) is 0 Å². The Hall–Kier alpha value is -1.03. The van der Waals surface area contributed by atoms with Gasteiger partial charge in [-0.15, -0.1) is 22.0 Å². The summed E-state index contributed by atoms with van der Waals surface area (Å²) in [6, 6.07) is 8.22. The molecular weight excluding hydrogens is 282 g/mol. The van der Waals surface area contributed by atoms with Gasteiger partial charge in [0.1, 0.15) is 11.1 Å². The molecule has 0 bridgehead atoms. The van der Waals surface area contributed by atoms with Gasteiger partial charge in [-0.1, -0.05) is 36.1 Å². The van der Waals surface area contributed by atoms with Crippen molar-refractivity contribution in [2.24, 2.45) is 0 Å². The zero-order chi connectivity index (χ0) is 13.0. The fourth-order valence-corrected chi connectivity index (χ4v) is 4.13. The van der Waals surface area contributed by atoms with Gasteiger partial charge in [0.25, 0.3) is 0 Å². The molecule has 0 fully saturated rings. The van der Waals surface area contributed by atoms with Gasteiger partial charge in [-0.05, 0) is 24.8 Å². The number of hydrogen-bond donors (Lipinski definition) is 0. The lowest BCUT2D eigenvalue weighted by atomic mass is 10.2. The van der Waals surface area contributed by atoms with Gasteiger partial charge < -0.3 is 0 Å². The molecule has 0 saturated carbocycles. The Kier molecular flexibility index (Phi) is 4.64. The molecule has 1 heterocycles. The summed E-state index contributed by atoms with van der Waals surface area (Å²) in [7, 11) is 0. The smallest absolute Gasteiger partial charge is 0.179 e. The monoisotopic (exact) mass is 293 g/mol. The van der Waals surface area contributed by atoms with Crippen LogP contribution >= 0.6 is 34.9 Å². The van der Waals surface area contributed by atoms with E-state index in [0.717, 1.165) is 30.5 Å². The van der Waals surface area contributed by atoms with Crippen molar-refractivity contribution in [2.75, 3.05) is 5.75 Å². The van der Waals surface area contributed by atoms with Crippen molar-refractivity contribution < 1.29 is 0 Å². The molecule has 0 unspecified atom stereocenters. The minimum atomic E-state index is 0.738. The molecule has 0 N–H and O–H groups in total. The molecule has 1 aromatic heterocycles. The van der Waals surface area contributed by atoms with Crippen LogP contribution in [-0.2, 0) is 0 Å². The summed E-state index contributed by atoms with van der Waals surface area (Å²) in [5.74, 6) is 0.959. The summed E-state index contributed by atoms with van der Waals surface area (Å²) in [6.45, 7) is 4.01. The molecule has 1 aromatic carbocycles. The second-order valence-corrected chi connectivity index (χ2v) is 7.14. The summed E-state index contributed by atoms with van der Waals surface area (Å²) in [4.78, 5) is 1.98. The quantitative estimate of drug-likeness (QED) is 0.798. The van der Waals surface area contributed by atoms with E-state index >= 15 is 0 Å². The molecule has 0 spiro atoms. The van der Waals surface area contributed by atoms with Crippen LogP contribution in [0.2, 0.25) is 0 Å². The molecule has 0 aliphatic carbocycles. The highest BCUT2D eigenvalue weighted by Gasteiger charge is 2.11. The Balaban J connectivity index is 2.33. The third-order valence-corrected chi connectivity index (χ3v) is 4.99. The third-order valence-electron chi connectivity index (χ3n) is 2.10. The molecule has 92 valence electrons. The van der Waals surface area contributed by atoms with Crippen LogP contribution in [-0.4, -0.2) is 16.0 Å². The number of nitrogens with zero attached hydrogens (tertiary/aromatic N) is 3. The average molecular weight is 293 g/mol. The molecule has 0 aliphatic heterocycles. The van der Waals surface area contributed by atoms with Gasteiger partial charge in [-0.2, -0.15) is 5.26 Å². The number of benzene rings is 1. The van der Waals surface area contributed by atoms with Crippen molar-refractivity contribution in [3.05, 3.63) is 28.8 Å². The molecule has 2 rings (SSSR count). The van der Waals surface area contributed by atoms with E-state index in [1.165, 1.54) is 11.8 Å². The molecule has 2 aromatic rings. The lowest BCUT2D eigenvalue weighted by Crippen LogP contribution is -1.86. The minimum Gasteiger partial charge on any atom is -0.192 e. The van der Waals surface area contributed by atoms with Gasteiger partial charge in [-0.25, -0.2) is 0 Å². The molecule has 0 radical (unpaired) electrons. The van der Waals surface area contributed by atoms with Crippen LogP contribution in [0.4, 0.5) is 0 Å². The SMILES string of the molecule is CCSc1cccc(Sc2nnc(C)s2)c1C#N. The summed E-state index contributed by atoms with van der Waals surface area (Å²) in [5, 5.41) is 18.3. The van der Waals surface area contributed by atoms with Crippen molar-refractivity contribution in [3.63, 3.8) is 0 Å². The Morgan fingerprint density at radius 3 is 2.72 bits per heavy atom. The topological polar surface area (TPSA) is 49.6 Å². The maximum atomic E-state index is 9.30. The van der Waals surface area contributed by atoms with Crippen molar-refractivity contribution in [3.8, 4) is 6.07 Å². The van der Waals surface area contributed by atoms with Crippen molar-refractivity contribution in [1.82, 2.24) is 10.2 Å². The largest absolute Gasteiger partial charge is 0.192 e. The molecule has 0 amide bonds. The number of aryl methyl sites for hydroxylation is 1. The Labute approximate surface area is 119 Å². The number of rotatable bonds is 4. The first kappa shape index (κ1) is 13.4. The fourth-order valence-electron chi connectivity index (χ4n) is 1.40. The highest BCUT2D eigenvalue weighted by atomic mass is 32.2. The second-order valence-electron chi connectivity index (χ2n) is 3.36. The molecular formula is C12H11N3S3. The first-order valence-electron chi connectivity index (χ1n) is 5.38. The molecule has 18 heavy (non-hydrogen) atoms. The molecule has 6 heteroatoms. The highest BCUT2D eigenvalue weighted by Crippen LogP contribution is 2.35. The zero-order valence-corrected chi connectivity index (χ0v) is 12.5. The standard InChI is InChI=1S/C12H11N3S3/c1-3-16-10-5-4-6-11(9(10)7-13)18-12-15-14-8(2)17-12/h4-6H,3H2,1-2H3. The first-order valence-corrected chi connectivity index (χ1v) is 8.00. The minimum absolute atomic E-state index is 0.738. The van der Waals surface area contributed by atoms with Crippen LogP contribution < -0.4 is 0 Å². The molecule has 0 saturated heterocycles. The van der Waals surface area contributed by atoms with Crippen LogP contribution in [0.15, 0.2) is 32.3 Å². The first-order chi connectivity index (χ1) is 8.74. The molecule has 0 aliphatic rings. The van der Waals surface area contributed by atoms with Crippen LogP contribution in [0.5, 0.6) is 0 Å². The lowest BCUT2D eigenvalue weighted by molar-refractivity contribution is 0.983. The maximum absolute atomic E-state index is 9.30. The highest BCUT2D eigenvalue weighted by molar-refractivity contribution is 8.01. The predicted octanol–water partition coefficient (Wildman–Crippen LogP) is 3.98. The van der Waals surface area contributed by atoms with E-state index in [1.54, 1.807) is 23.1 Å². The maximum Gasteiger partial charge on any atom is 0.179 e. The van der Waals surface area contributed by atoms with Crippen molar-refractivity contribution >= 4 is 34.9 Å². The van der Waals surface area contributed by atoms with Gasteiger partial charge >= 0.3 is 0 Å². The Morgan fingerprint density at radius 1 is 1.33 bits per heavy atom. The molecule has 3 nitrogen and oxygen atoms in total. The van der Waals surface area contributed by atoms with Crippen molar-refractivity contribution in [2.45, 2.75) is 28.0 Å². The van der Waals surface area contributed by atoms with Gasteiger partial charge in [0.05, 0.1) is 5.56 Å². The van der Waals surface area contributed by atoms with Gasteiger partial charge in [0, 0.05) is 9.79 Å². The van der Waals surface area contributed by atoms with Gasteiger partial charge in [0.2, 0.25) is 0 Å². The Bertz CT molecular complexity index is 586. The zero-order valence-electron chi connectivity index (χ0n) is 10.0. The van der Waals surface area contributed by atoms with E-state index in [0.29, 0.717) is 0 Å². The number of aromatic nitrogens is 2. The van der Waals surface area contributed by atoms with Crippen molar-refractivity contribution in [1.29, 1.82) is 5.26 Å². The van der Waals surface area contributed by atoms with E-state index in [9.17, 15) is 5.26 Å². The normalized spacial score (nSPS) is 10.3. The van der Waals surface area contributed by atoms with E-state index in [4.69, 9.17) is 0 Å². The van der Waals surface area contributed by atoms with Crippen LogP contribution in [0.1, 0.15) is 17.5 Å². The van der Waals surface area contributed by atoms with Crippen LogP contribution in [0.25, 0.3) is 0 Å². The average Bonchev–Trinajstić information content (AvgIpc) is 2.76. The second kappa shape index (κ2) is 6.23. The molecule has 0 atom stereocenters. The Morgan fingerprint density at radius 2 is 2.11 bits per heavy atom. The van der Waals surface area contributed by atoms with E-state index in [1.807, 2.05) is 25.1 Å². The third kappa shape index (κ3) is 3.05. The summed E-state index contributed by atoms with van der Waals surface area (Å²) < 4.78 is 0.877. The predicted molar refractivity (Wildman–Crippen MR) is 76.3 cm³/mol. The summed E-state index contributed by atoms with van der Waals surface area (Å²) in [6.07, 6.45) is 0. The number of thioether (sulfide) groups is 1. The summed E-state index contributed by atoms with van der Waals surface area (Å²) >= 11 is 4.74. The van der Waals surface area contributed by atoms with E-state index in [2.05, 4.69) is 23.2 Å². The van der Waals surface area contributed by atoms with E-state index in [-0.39, 0.29) is 0 Å². The van der Waals surface area contributed by atoms with E-state index < -0.39 is 0 Å². The fraction of sp³-hybridized carbons (Fsp3) is 0.250.